The average Bonchev–Trinajstić information content (AvgIpc) is 2.86. The Balaban J connectivity index is 1.66. The van der Waals surface area contributed by atoms with Crippen molar-refractivity contribution in [1.29, 1.82) is 0 Å². The molecule has 1 fully saturated rings. The lowest BCUT2D eigenvalue weighted by molar-refractivity contribution is 0.0848. The summed E-state index contributed by atoms with van der Waals surface area (Å²) in [6.07, 6.45) is 2.22. The molecular formula is C18H23NO3S. The number of benzene rings is 1. The van der Waals surface area contributed by atoms with Crippen molar-refractivity contribution in [3.8, 4) is 5.75 Å². The van der Waals surface area contributed by atoms with E-state index in [1.165, 1.54) is 0 Å². The molecule has 124 valence electrons. The molecule has 1 aromatic heterocycles. The highest BCUT2D eigenvalue weighted by molar-refractivity contribution is 7.80. The third-order valence-electron chi connectivity index (χ3n) is 4.13. The molecule has 0 amide bonds. The molecule has 2 aromatic rings. The maximum absolute atomic E-state index is 12.0. The zero-order valence-electron chi connectivity index (χ0n) is 13.7. The monoisotopic (exact) mass is 333 g/mol. The summed E-state index contributed by atoms with van der Waals surface area (Å²) in [5.74, 6) is 1.20. The van der Waals surface area contributed by atoms with Crippen LogP contribution in [0.3, 0.4) is 0 Å². The van der Waals surface area contributed by atoms with Gasteiger partial charge in [0.25, 0.3) is 0 Å². The Morgan fingerprint density at radius 1 is 1.30 bits per heavy atom. The molecule has 1 atom stereocenters. The molecule has 1 aliphatic carbocycles. The summed E-state index contributed by atoms with van der Waals surface area (Å²) < 4.78 is 11.6. The van der Waals surface area contributed by atoms with Crippen LogP contribution in [0, 0.1) is 5.92 Å². The van der Waals surface area contributed by atoms with Crippen molar-refractivity contribution in [2.24, 2.45) is 5.92 Å². The summed E-state index contributed by atoms with van der Waals surface area (Å²) in [6.45, 7) is 5.77. The van der Waals surface area contributed by atoms with E-state index in [1.807, 2.05) is 39.0 Å². The second kappa shape index (κ2) is 6.57. The highest BCUT2D eigenvalue weighted by Gasteiger charge is 2.31. The van der Waals surface area contributed by atoms with Gasteiger partial charge >= 0.3 is 0 Å². The third-order valence-corrected chi connectivity index (χ3v) is 4.28. The Morgan fingerprint density at radius 2 is 2.04 bits per heavy atom. The first-order valence-corrected chi connectivity index (χ1v) is 8.62. The first-order valence-electron chi connectivity index (χ1n) is 8.11. The van der Waals surface area contributed by atoms with E-state index in [0.717, 1.165) is 29.6 Å². The molecule has 0 spiro atoms. The number of hydrogen-bond donors (Lipinski definition) is 2. The molecule has 0 saturated heterocycles. The van der Waals surface area contributed by atoms with Crippen LogP contribution in [0.25, 0.3) is 11.0 Å². The number of furan rings is 1. The maximum Gasteiger partial charge on any atom is 0.200 e. The second-order valence-electron chi connectivity index (χ2n) is 6.58. The van der Waals surface area contributed by atoms with Crippen molar-refractivity contribution in [1.82, 2.24) is 5.32 Å². The highest BCUT2D eigenvalue weighted by atomic mass is 32.1. The van der Waals surface area contributed by atoms with Crippen LogP contribution in [0.1, 0.15) is 44.2 Å². The number of Topliss-reactive ketones (excluding diaryl/α,β-unsaturated/α-hetero) is 1. The van der Waals surface area contributed by atoms with Crippen molar-refractivity contribution in [3.05, 3.63) is 30.0 Å². The molecule has 5 heteroatoms. The quantitative estimate of drug-likeness (QED) is 0.476. The van der Waals surface area contributed by atoms with E-state index >= 15 is 0 Å². The van der Waals surface area contributed by atoms with Crippen molar-refractivity contribution in [2.75, 3.05) is 0 Å². The maximum atomic E-state index is 12.0. The van der Waals surface area contributed by atoms with E-state index in [9.17, 15) is 4.79 Å². The minimum atomic E-state index is -0.0695. The summed E-state index contributed by atoms with van der Waals surface area (Å²) in [7, 11) is 0. The molecule has 1 aliphatic rings. The molecular weight excluding hydrogens is 310 g/mol. The van der Waals surface area contributed by atoms with Crippen LogP contribution in [0.15, 0.2) is 28.7 Å². The fraction of sp³-hybridized carbons (Fsp3) is 0.500. The summed E-state index contributed by atoms with van der Waals surface area (Å²) in [5, 5.41) is 4.50. The zero-order chi connectivity index (χ0) is 16.6. The first kappa shape index (κ1) is 16.4. The van der Waals surface area contributed by atoms with Gasteiger partial charge in [-0.3, -0.25) is 4.79 Å². The van der Waals surface area contributed by atoms with Crippen LogP contribution in [-0.2, 0) is 0 Å². The van der Waals surface area contributed by atoms with Crippen molar-refractivity contribution in [2.45, 2.75) is 51.1 Å². The standard InChI is InChI=1S/C18H23NO3S/c1-10(2)18(20)17-7-12-6-14(4-5-16(12)22-17)21-15-8-13(9-15)19-11(3)23/h4-7,10-11,13,15,19,23H,8-9H2,1-3H3/t11?,13-,15-. The SMILES string of the molecule is CC(S)N[C@H]1C[C@H](Oc2ccc3oc(C(=O)C(C)C)cc3c2)C1. The molecule has 0 radical (unpaired) electrons. The molecule has 4 nitrogen and oxygen atoms in total. The molecule has 3 rings (SSSR count). The number of hydrogen-bond acceptors (Lipinski definition) is 5. The summed E-state index contributed by atoms with van der Waals surface area (Å²) in [5.41, 5.74) is 0.721. The number of fused-ring (bicyclic) bond motifs is 1. The Hall–Kier alpha value is -1.46. The number of nitrogens with one attached hydrogen (secondary N) is 1. The number of thiol groups is 1. The predicted octanol–water partition coefficient (Wildman–Crippen LogP) is 4.05. The number of ether oxygens (including phenoxy) is 1. The minimum absolute atomic E-state index is 0.0254. The predicted molar refractivity (Wildman–Crippen MR) is 94.4 cm³/mol. The molecule has 1 aromatic carbocycles. The molecule has 1 unspecified atom stereocenters. The average molecular weight is 333 g/mol. The van der Waals surface area contributed by atoms with Crippen LogP contribution in [0.5, 0.6) is 5.75 Å². The van der Waals surface area contributed by atoms with Crippen LogP contribution >= 0.6 is 12.6 Å². The Labute approximate surface area is 142 Å². The lowest BCUT2D eigenvalue weighted by Crippen LogP contribution is -2.48. The largest absolute Gasteiger partial charge is 0.490 e. The Morgan fingerprint density at radius 3 is 2.70 bits per heavy atom. The number of carbonyl (C=O) groups excluding carboxylic acids is 1. The molecule has 23 heavy (non-hydrogen) atoms. The van der Waals surface area contributed by atoms with Gasteiger partial charge in [-0.15, -0.1) is 0 Å². The lowest BCUT2D eigenvalue weighted by Gasteiger charge is -2.36. The minimum Gasteiger partial charge on any atom is -0.490 e. The summed E-state index contributed by atoms with van der Waals surface area (Å²) >= 11 is 4.34. The number of carbonyl (C=O) groups is 1. The van der Waals surface area contributed by atoms with E-state index < -0.39 is 0 Å². The van der Waals surface area contributed by atoms with Crippen molar-refractivity contribution < 1.29 is 13.9 Å². The molecule has 1 saturated carbocycles. The van der Waals surface area contributed by atoms with E-state index in [2.05, 4.69) is 17.9 Å². The van der Waals surface area contributed by atoms with Crippen molar-refractivity contribution >= 4 is 29.4 Å². The fourth-order valence-electron chi connectivity index (χ4n) is 2.83. The zero-order valence-corrected chi connectivity index (χ0v) is 14.6. The Bertz CT molecular complexity index is 701. The van der Waals surface area contributed by atoms with Gasteiger partial charge in [0.1, 0.15) is 17.4 Å². The van der Waals surface area contributed by atoms with E-state index in [1.54, 1.807) is 6.07 Å². The topological polar surface area (TPSA) is 51.5 Å². The van der Waals surface area contributed by atoms with Crippen LogP contribution in [0.2, 0.25) is 0 Å². The van der Waals surface area contributed by atoms with Gasteiger partial charge in [0, 0.05) is 22.7 Å². The molecule has 1 heterocycles. The normalized spacial score (nSPS) is 22.1. The van der Waals surface area contributed by atoms with Gasteiger partial charge in [0.05, 0.1) is 0 Å². The van der Waals surface area contributed by atoms with Gasteiger partial charge in [0.15, 0.2) is 5.76 Å². The fourth-order valence-corrected chi connectivity index (χ4v) is 3.04. The van der Waals surface area contributed by atoms with Gasteiger partial charge in [-0.2, -0.15) is 12.6 Å². The van der Waals surface area contributed by atoms with Crippen LogP contribution < -0.4 is 10.1 Å². The number of rotatable bonds is 6. The first-order chi connectivity index (χ1) is 10.9. The summed E-state index contributed by atoms with van der Waals surface area (Å²) in [6, 6.07) is 8.00. The lowest BCUT2D eigenvalue weighted by atomic mass is 9.89. The smallest absolute Gasteiger partial charge is 0.200 e. The van der Waals surface area contributed by atoms with Crippen LogP contribution in [0.4, 0.5) is 0 Å². The van der Waals surface area contributed by atoms with Gasteiger partial charge in [-0.05, 0) is 44.0 Å². The summed E-state index contributed by atoms with van der Waals surface area (Å²) in [4.78, 5) is 12.0. The van der Waals surface area contributed by atoms with Gasteiger partial charge in [-0.1, -0.05) is 13.8 Å². The van der Waals surface area contributed by atoms with Crippen molar-refractivity contribution in [3.63, 3.8) is 0 Å². The molecule has 0 aliphatic heterocycles. The van der Waals surface area contributed by atoms with E-state index in [4.69, 9.17) is 9.15 Å². The highest BCUT2D eigenvalue weighted by Crippen LogP contribution is 2.30. The molecule has 1 N–H and O–H groups in total. The van der Waals surface area contributed by atoms with Gasteiger partial charge in [-0.25, -0.2) is 0 Å². The number of ketones is 1. The third kappa shape index (κ3) is 3.72. The van der Waals surface area contributed by atoms with E-state index in [-0.39, 0.29) is 23.2 Å². The van der Waals surface area contributed by atoms with Gasteiger partial charge in [0.2, 0.25) is 5.78 Å². The second-order valence-corrected chi connectivity index (χ2v) is 7.35. The van der Waals surface area contributed by atoms with Gasteiger partial charge < -0.3 is 14.5 Å². The van der Waals surface area contributed by atoms with Crippen LogP contribution in [-0.4, -0.2) is 23.3 Å². The Kier molecular flexibility index (Phi) is 4.69. The van der Waals surface area contributed by atoms with E-state index in [0.29, 0.717) is 11.8 Å². The molecule has 0 bridgehead atoms.